The van der Waals surface area contributed by atoms with Gasteiger partial charge in [-0.1, -0.05) is 39.5 Å². The van der Waals surface area contributed by atoms with Crippen molar-refractivity contribution < 1.29 is 5.11 Å². The van der Waals surface area contributed by atoms with E-state index in [1.807, 2.05) is 18.7 Å². The summed E-state index contributed by atoms with van der Waals surface area (Å²) in [7, 11) is 1.97. The maximum absolute atomic E-state index is 10.3. The molecule has 0 bridgehead atoms. The molecule has 1 aromatic rings. The number of nitrogens with zero attached hydrogens (tertiary/aromatic N) is 2. The maximum atomic E-state index is 10.3. The average molecular weight is 266 g/mol. The standard InChI is InChI=1S/C16H30N2O/c1-6-8-9-14(7-2)10-15(19)11-16-12(3)17-18(5)13(16)4/h14-15,19H,6-11H2,1-5H3. The van der Waals surface area contributed by atoms with Crippen LogP contribution in [0.25, 0.3) is 0 Å². The summed E-state index contributed by atoms with van der Waals surface area (Å²) in [5.41, 5.74) is 3.46. The average Bonchev–Trinajstić information content (AvgIpc) is 2.61. The van der Waals surface area contributed by atoms with Crippen LogP contribution in [0, 0.1) is 19.8 Å². The summed E-state index contributed by atoms with van der Waals surface area (Å²) in [6.07, 6.45) is 6.36. The highest BCUT2D eigenvalue weighted by molar-refractivity contribution is 5.25. The van der Waals surface area contributed by atoms with Gasteiger partial charge in [0.25, 0.3) is 0 Å². The van der Waals surface area contributed by atoms with Gasteiger partial charge in [-0.3, -0.25) is 4.68 Å². The number of aromatic nitrogens is 2. The molecule has 1 heterocycles. The highest BCUT2D eigenvalue weighted by Gasteiger charge is 2.17. The molecular weight excluding hydrogens is 236 g/mol. The smallest absolute Gasteiger partial charge is 0.0629 e. The summed E-state index contributed by atoms with van der Waals surface area (Å²) in [5, 5.41) is 14.7. The number of hydrogen-bond acceptors (Lipinski definition) is 2. The quantitative estimate of drug-likeness (QED) is 0.781. The summed E-state index contributed by atoms with van der Waals surface area (Å²) in [6, 6.07) is 0. The molecule has 0 saturated heterocycles. The highest BCUT2D eigenvalue weighted by atomic mass is 16.3. The van der Waals surface area contributed by atoms with Crippen LogP contribution in [0.5, 0.6) is 0 Å². The zero-order valence-corrected chi connectivity index (χ0v) is 13.2. The molecule has 0 amide bonds. The Bertz CT molecular complexity index is 384. The van der Waals surface area contributed by atoms with E-state index in [0.717, 1.165) is 18.5 Å². The minimum absolute atomic E-state index is 0.233. The largest absolute Gasteiger partial charge is 0.393 e. The topological polar surface area (TPSA) is 38.1 Å². The molecule has 2 atom stereocenters. The minimum Gasteiger partial charge on any atom is -0.393 e. The van der Waals surface area contributed by atoms with E-state index in [4.69, 9.17) is 0 Å². The van der Waals surface area contributed by atoms with Crippen LogP contribution in [0.1, 0.15) is 62.9 Å². The van der Waals surface area contributed by atoms with Crippen molar-refractivity contribution in [1.29, 1.82) is 0 Å². The number of aliphatic hydroxyl groups is 1. The lowest BCUT2D eigenvalue weighted by molar-refractivity contribution is 0.137. The van der Waals surface area contributed by atoms with E-state index in [9.17, 15) is 5.11 Å². The van der Waals surface area contributed by atoms with Gasteiger partial charge in [0, 0.05) is 19.2 Å². The lowest BCUT2D eigenvalue weighted by Gasteiger charge is -2.19. The molecule has 3 nitrogen and oxygen atoms in total. The summed E-state index contributed by atoms with van der Waals surface area (Å²) in [5.74, 6) is 0.659. The van der Waals surface area contributed by atoms with Crippen molar-refractivity contribution in [3.05, 3.63) is 17.0 Å². The van der Waals surface area contributed by atoms with Crippen molar-refractivity contribution in [2.24, 2.45) is 13.0 Å². The van der Waals surface area contributed by atoms with Crippen LogP contribution in [0.4, 0.5) is 0 Å². The van der Waals surface area contributed by atoms with Gasteiger partial charge < -0.3 is 5.11 Å². The molecule has 3 heteroatoms. The molecule has 0 fully saturated rings. The minimum atomic E-state index is -0.233. The van der Waals surface area contributed by atoms with Crippen LogP contribution >= 0.6 is 0 Å². The molecule has 0 aliphatic rings. The third-order valence-electron chi connectivity index (χ3n) is 4.25. The second-order valence-electron chi connectivity index (χ2n) is 5.78. The number of hydrogen-bond donors (Lipinski definition) is 1. The molecule has 1 aromatic heterocycles. The number of aliphatic hydroxyl groups excluding tert-OH is 1. The van der Waals surface area contributed by atoms with Crippen LogP contribution < -0.4 is 0 Å². The molecule has 0 aliphatic carbocycles. The molecular formula is C16H30N2O. The highest BCUT2D eigenvalue weighted by Crippen LogP contribution is 2.22. The van der Waals surface area contributed by atoms with Crippen molar-refractivity contribution >= 4 is 0 Å². The zero-order chi connectivity index (χ0) is 14.4. The number of rotatable bonds is 8. The van der Waals surface area contributed by atoms with Crippen LogP contribution in [0.3, 0.4) is 0 Å². The van der Waals surface area contributed by atoms with Crippen molar-refractivity contribution in [1.82, 2.24) is 9.78 Å². The molecule has 1 rings (SSSR count). The first kappa shape index (κ1) is 16.2. The van der Waals surface area contributed by atoms with Gasteiger partial charge in [-0.2, -0.15) is 5.10 Å². The Hall–Kier alpha value is -0.830. The van der Waals surface area contributed by atoms with Crippen LogP contribution in [0.2, 0.25) is 0 Å². The molecule has 19 heavy (non-hydrogen) atoms. The first-order valence-electron chi connectivity index (χ1n) is 7.66. The zero-order valence-electron chi connectivity index (χ0n) is 13.2. The summed E-state index contributed by atoms with van der Waals surface area (Å²) in [6.45, 7) is 8.57. The molecule has 0 aliphatic heterocycles. The number of unbranched alkanes of at least 4 members (excludes halogenated alkanes) is 1. The lowest BCUT2D eigenvalue weighted by Crippen LogP contribution is -2.17. The Morgan fingerprint density at radius 3 is 2.42 bits per heavy atom. The molecule has 1 N–H and O–H groups in total. The Morgan fingerprint density at radius 1 is 1.26 bits per heavy atom. The van der Waals surface area contributed by atoms with Crippen molar-refractivity contribution in [2.75, 3.05) is 0 Å². The van der Waals surface area contributed by atoms with Gasteiger partial charge >= 0.3 is 0 Å². The van der Waals surface area contributed by atoms with Crippen molar-refractivity contribution in [3.63, 3.8) is 0 Å². The van der Waals surface area contributed by atoms with Crippen LogP contribution in [-0.2, 0) is 13.5 Å². The van der Waals surface area contributed by atoms with Gasteiger partial charge in [0.05, 0.1) is 11.8 Å². The fourth-order valence-electron chi connectivity index (χ4n) is 2.80. The Morgan fingerprint density at radius 2 is 1.95 bits per heavy atom. The Balaban J connectivity index is 2.56. The predicted molar refractivity (Wildman–Crippen MR) is 80.3 cm³/mol. The monoisotopic (exact) mass is 266 g/mol. The van der Waals surface area contributed by atoms with Crippen LogP contribution in [0.15, 0.2) is 0 Å². The van der Waals surface area contributed by atoms with Gasteiger partial charge in [0.2, 0.25) is 0 Å². The van der Waals surface area contributed by atoms with E-state index < -0.39 is 0 Å². The maximum Gasteiger partial charge on any atom is 0.0629 e. The summed E-state index contributed by atoms with van der Waals surface area (Å²) in [4.78, 5) is 0. The normalized spacial score (nSPS) is 14.6. The molecule has 2 unspecified atom stereocenters. The summed E-state index contributed by atoms with van der Waals surface area (Å²) >= 11 is 0. The predicted octanol–water partition coefficient (Wildman–Crippen LogP) is 3.55. The molecule has 0 saturated carbocycles. The third kappa shape index (κ3) is 4.64. The van der Waals surface area contributed by atoms with Crippen LogP contribution in [-0.4, -0.2) is 21.0 Å². The molecule has 110 valence electrons. The van der Waals surface area contributed by atoms with Gasteiger partial charge in [0.1, 0.15) is 0 Å². The SMILES string of the molecule is CCCCC(CC)CC(O)Cc1c(C)nn(C)c1C. The van der Waals surface area contributed by atoms with E-state index in [1.54, 1.807) is 0 Å². The van der Waals surface area contributed by atoms with E-state index in [0.29, 0.717) is 5.92 Å². The molecule has 0 spiro atoms. The van der Waals surface area contributed by atoms with Gasteiger partial charge in [0.15, 0.2) is 0 Å². The second-order valence-corrected chi connectivity index (χ2v) is 5.78. The van der Waals surface area contributed by atoms with Gasteiger partial charge in [-0.05, 0) is 31.7 Å². The second kappa shape index (κ2) is 7.68. The Labute approximate surface area is 118 Å². The first-order valence-corrected chi connectivity index (χ1v) is 7.66. The van der Waals surface area contributed by atoms with Crippen molar-refractivity contribution in [3.8, 4) is 0 Å². The third-order valence-corrected chi connectivity index (χ3v) is 4.25. The van der Waals surface area contributed by atoms with E-state index in [1.165, 1.54) is 36.9 Å². The van der Waals surface area contributed by atoms with E-state index >= 15 is 0 Å². The molecule has 0 radical (unpaired) electrons. The first-order chi connectivity index (χ1) is 8.99. The van der Waals surface area contributed by atoms with E-state index in [2.05, 4.69) is 25.9 Å². The lowest BCUT2D eigenvalue weighted by atomic mass is 9.90. The summed E-state index contributed by atoms with van der Waals surface area (Å²) < 4.78 is 1.91. The fraction of sp³-hybridized carbons (Fsp3) is 0.812. The van der Waals surface area contributed by atoms with Crippen molar-refractivity contribution in [2.45, 2.75) is 72.3 Å². The Kier molecular flexibility index (Phi) is 6.56. The van der Waals surface area contributed by atoms with E-state index in [-0.39, 0.29) is 6.10 Å². The number of aryl methyl sites for hydroxylation is 2. The fourth-order valence-corrected chi connectivity index (χ4v) is 2.80. The van der Waals surface area contributed by atoms with Gasteiger partial charge in [-0.15, -0.1) is 0 Å². The molecule has 0 aromatic carbocycles. The van der Waals surface area contributed by atoms with Gasteiger partial charge in [-0.25, -0.2) is 0 Å².